The fraction of sp³-hybridized carbons (Fsp3) is 0.529. The molecule has 2 aromatic rings. The second kappa shape index (κ2) is 6.41. The Morgan fingerprint density at radius 1 is 1.36 bits per heavy atom. The fourth-order valence-electron chi connectivity index (χ4n) is 2.97. The lowest BCUT2D eigenvalue weighted by Crippen LogP contribution is -2.41. The highest BCUT2D eigenvalue weighted by Crippen LogP contribution is 2.43. The van der Waals surface area contributed by atoms with Crippen LogP contribution < -0.4 is 0 Å². The number of fused-ring (bicyclic) bond motifs is 1. The summed E-state index contributed by atoms with van der Waals surface area (Å²) >= 11 is 3.45. The lowest BCUT2D eigenvalue weighted by molar-refractivity contribution is -0.140. The Hall–Kier alpha value is -1.38. The molecule has 3 rings (SSSR count). The topological polar surface area (TPSA) is 73.4 Å². The van der Waals surface area contributed by atoms with Crippen LogP contribution in [0.1, 0.15) is 45.5 Å². The summed E-state index contributed by atoms with van der Waals surface area (Å²) in [6.45, 7) is 7.98. The number of aromatic nitrogens is 2. The Balaban J connectivity index is 2.03. The third-order valence-corrected chi connectivity index (χ3v) is 5.58. The lowest BCUT2D eigenvalue weighted by atomic mass is 9.66. The van der Waals surface area contributed by atoms with Crippen molar-refractivity contribution in [2.24, 2.45) is 0 Å². The highest BCUT2D eigenvalue weighted by molar-refractivity contribution is 9.10. The van der Waals surface area contributed by atoms with Crippen molar-refractivity contribution in [1.29, 1.82) is 0 Å². The molecule has 1 unspecified atom stereocenters. The molecule has 0 bridgehead atoms. The van der Waals surface area contributed by atoms with Crippen LogP contribution in [0, 0.1) is 0 Å². The van der Waals surface area contributed by atoms with Gasteiger partial charge in [-0.05, 0) is 55.3 Å². The molecule has 134 valence electrons. The Kier molecular flexibility index (Phi) is 4.72. The standard InChI is InChI=1S/C17H22BBrN2O4/c1-16(2)17(3,4)25-18(24-16)13(7-14(22)23-5)12-9-21-15-11(12)6-10(19)8-20-15/h6,8-9,13H,7H2,1-5H3,(H,20,21). The minimum atomic E-state index is -0.554. The number of esters is 1. The second-order valence-corrected chi connectivity index (χ2v) is 8.22. The van der Waals surface area contributed by atoms with E-state index in [2.05, 4.69) is 25.9 Å². The number of hydrogen-bond acceptors (Lipinski definition) is 5. The van der Waals surface area contributed by atoms with Crippen molar-refractivity contribution >= 4 is 40.1 Å². The normalized spacial score (nSPS) is 20.0. The van der Waals surface area contributed by atoms with E-state index in [0.717, 1.165) is 21.1 Å². The summed E-state index contributed by atoms with van der Waals surface area (Å²) in [5, 5.41) is 0.929. The van der Waals surface area contributed by atoms with Crippen LogP contribution in [0.15, 0.2) is 22.9 Å². The maximum Gasteiger partial charge on any atom is 0.466 e. The van der Waals surface area contributed by atoms with Gasteiger partial charge >= 0.3 is 13.1 Å². The van der Waals surface area contributed by atoms with E-state index in [9.17, 15) is 4.79 Å². The van der Waals surface area contributed by atoms with Crippen molar-refractivity contribution in [1.82, 2.24) is 9.97 Å². The number of carbonyl (C=O) groups excluding carboxylic acids is 1. The van der Waals surface area contributed by atoms with E-state index in [1.807, 2.05) is 40.0 Å². The number of H-pyrrole nitrogens is 1. The van der Waals surface area contributed by atoms with E-state index in [1.165, 1.54) is 7.11 Å². The van der Waals surface area contributed by atoms with Crippen LogP contribution in [0.2, 0.25) is 0 Å². The number of aromatic amines is 1. The van der Waals surface area contributed by atoms with E-state index in [-0.39, 0.29) is 18.2 Å². The SMILES string of the molecule is COC(=O)CC(B1OC(C)(C)C(C)(C)O1)c1c[nH]c2ncc(Br)cc12. The molecule has 0 aromatic carbocycles. The summed E-state index contributed by atoms with van der Waals surface area (Å²) in [6.07, 6.45) is 3.75. The number of nitrogens with zero attached hydrogens (tertiary/aromatic N) is 1. The van der Waals surface area contributed by atoms with Crippen LogP contribution in [-0.2, 0) is 18.8 Å². The van der Waals surface area contributed by atoms with Gasteiger partial charge in [0.25, 0.3) is 0 Å². The van der Waals surface area contributed by atoms with Gasteiger partial charge in [0.2, 0.25) is 0 Å². The van der Waals surface area contributed by atoms with Crippen molar-refractivity contribution in [3.05, 3.63) is 28.5 Å². The Morgan fingerprint density at radius 3 is 2.60 bits per heavy atom. The average molecular weight is 409 g/mol. The van der Waals surface area contributed by atoms with E-state index >= 15 is 0 Å². The Bertz CT molecular complexity index is 789. The maximum absolute atomic E-state index is 12.0. The zero-order valence-corrected chi connectivity index (χ0v) is 16.6. The molecule has 0 aliphatic carbocycles. The van der Waals surface area contributed by atoms with Crippen molar-refractivity contribution in [3.8, 4) is 0 Å². The van der Waals surface area contributed by atoms with E-state index in [4.69, 9.17) is 14.0 Å². The molecule has 1 fully saturated rings. The minimum absolute atomic E-state index is 0.160. The quantitative estimate of drug-likeness (QED) is 0.617. The van der Waals surface area contributed by atoms with Gasteiger partial charge in [0.1, 0.15) is 5.65 Å². The first-order valence-corrected chi connectivity index (χ1v) is 8.99. The summed E-state index contributed by atoms with van der Waals surface area (Å²) in [5.74, 6) is -0.615. The molecule has 1 aliphatic rings. The first kappa shape index (κ1) is 18.4. The van der Waals surface area contributed by atoms with Gasteiger partial charge in [0.05, 0.1) is 24.7 Å². The first-order valence-electron chi connectivity index (χ1n) is 8.19. The Morgan fingerprint density at radius 2 is 2.00 bits per heavy atom. The van der Waals surface area contributed by atoms with Gasteiger partial charge in [-0.2, -0.15) is 0 Å². The molecule has 1 aliphatic heterocycles. The number of rotatable bonds is 4. The number of ether oxygens (including phenoxy) is 1. The monoisotopic (exact) mass is 408 g/mol. The summed E-state index contributed by atoms with van der Waals surface area (Å²) in [7, 11) is 0.832. The summed E-state index contributed by atoms with van der Waals surface area (Å²) in [6, 6.07) is 1.98. The zero-order chi connectivity index (χ0) is 18.4. The molecular weight excluding hydrogens is 387 g/mol. The van der Waals surface area contributed by atoms with Gasteiger partial charge in [-0.25, -0.2) is 4.98 Å². The van der Waals surface area contributed by atoms with E-state index in [0.29, 0.717) is 0 Å². The van der Waals surface area contributed by atoms with Crippen molar-refractivity contribution < 1.29 is 18.8 Å². The molecular formula is C17H22BBrN2O4. The van der Waals surface area contributed by atoms with Gasteiger partial charge in [-0.1, -0.05) is 0 Å². The van der Waals surface area contributed by atoms with Gasteiger partial charge < -0.3 is 19.0 Å². The third kappa shape index (κ3) is 3.35. The molecule has 6 nitrogen and oxygen atoms in total. The van der Waals surface area contributed by atoms with E-state index in [1.54, 1.807) is 6.20 Å². The van der Waals surface area contributed by atoms with Crippen LogP contribution in [0.25, 0.3) is 11.0 Å². The molecule has 0 spiro atoms. The van der Waals surface area contributed by atoms with E-state index < -0.39 is 18.3 Å². The molecule has 8 heteroatoms. The van der Waals surface area contributed by atoms with Crippen LogP contribution in [0.5, 0.6) is 0 Å². The molecule has 2 aromatic heterocycles. The summed E-state index contributed by atoms with van der Waals surface area (Å²) in [4.78, 5) is 19.6. The van der Waals surface area contributed by atoms with Crippen LogP contribution >= 0.6 is 15.9 Å². The fourth-order valence-corrected chi connectivity index (χ4v) is 3.30. The smallest absolute Gasteiger partial charge is 0.466 e. The summed E-state index contributed by atoms with van der Waals surface area (Å²) in [5.41, 5.74) is 0.728. The maximum atomic E-state index is 12.0. The van der Waals surface area contributed by atoms with Crippen molar-refractivity contribution in [2.75, 3.05) is 7.11 Å². The van der Waals surface area contributed by atoms with Gasteiger partial charge in [0, 0.05) is 28.1 Å². The molecule has 1 atom stereocenters. The lowest BCUT2D eigenvalue weighted by Gasteiger charge is -2.32. The van der Waals surface area contributed by atoms with Gasteiger partial charge in [0.15, 0.2) is 0 Å². The van der Waals surface area contributed by atoms with Crippen molar-refractivity contribution in [3.63, 3.8) is 0 Å². The third-order valence-electron chi connectivity index (χ3n) is 5.14. The molecule has 0 amide bonds. The number of hydrogen-bond donors (Lipinski definition) is 1. The molecule has 3 heterocycles. The summed E-state index contributed by atoms with van der Waals surface area (Å²) < 4.78 is 18.2. The largest absolute Gasteiger partial charge is 0.469 e. The number of pyridine rings is 1. The Labute approximate surface area is 155 Å². The molecule has 1 saturated heterocycles. The zero-order valence-electron chi connectivity index (χ0n) is 15.1. The predicted octanol–water partition coefficient (Wildman–Crippen LogP) is 3.60. The van der Waals surface area contributed by atoms with Gasteiger partial charge in [-0.3, -0.25) is 4.79 Å². The second-order valence-electron chi connectivity index (χ2n) is 7.31. The number of nitrogens with one attached hydrogen (secondary N) is 1. The molecule has 0 radical (unpaired) electrons. The van der Waals surface area contributed by atoms with Crippen molar-refractivity contribution in [2.45, 2.75) is 51.1 Å². The number of carbonyl (C=O) groups is 1. The van der Waals surface area contributed by atoms with Crippen LogP contribution in [0.4, 0.5) is 0 Å². The highest BCUT2D eigenvalue weighted by Gasteiger charge is 2.54. The minimum Gasteiger partial charge on any atom is -0.469 e. The van der Waals surface area contributed by atoms with Crippen LogP contribution in [0.3, 0.4) is 0 Å². The molecule has 1 N–H and O–H groups in total. The average Bonchev–Trinajstić information content (AvgIpc) is 3.02. The first-order chi connectivity index (χ1) is 11.6. The van der Waals surface area contributed by atoms with Crippen LogP contribution in [-0.4, -0.2) is 41.4 Å². The molecule has 25 heavy (non-hydrogen) atoms. The van der Waals surface area contributed by atoms with Gasteiger partial charge in [-0.15, -0.1) is 0 Å². The number of halogens is 1. The predicted molar refractivity (Wildman–Crippen MR) is 99.2 cm³/mol. The number of methoxy groups -OCH3 is 1. The highest BCUT2D eigenvalue weighted by atomic mass is 79.9. The molecule has 0 saturated carbocycles.